The highest BCUT2D eigenvalue weighted by Gasteiger charge is 2.27. The second-order valence-corrected chi connectivity index (χ2v) is 7.89. The molecule has 102 valence electrons. The van der Waals surface area contributed by atoms with Crippen LogP contribution in [0.1, 0.15) is 33.1 Å². The zero-order valence-electron chi connectivity index (χ0n) is 10.7. The number of sulfonamides is 1. The van der Waals surface area contributed by atoms with Crippen LogP contribution in [0.2, 0.25) is 0 Å². The smallest absolute Gasteiger partial charge is 0.214 e. The van der Waals surface area contributed by atoms with E-state index in [1.54, 1.807) is 0 Å². The molecular weight excluding hydrogens is 256 g/mol. The lowest BCUT2D eigenvalue weighted by Crippen LogP contribution is -2.44. The van der Waals surface area contributed by atoms with E-state index in [0.29, 0.717) is 0 Å². The molecule has 1 unspecified atom stereocenters. The highest BCUT2D eigenvalue weighted by atomic mass is 32.2. The van der Waals surface area contributed by atoms with E-state index in [4.69, 9.17) is 0 Å². The Morgan fingerprint density at radius 1 is 1.41 bits per heavy atom. The number of rotatable bonds is 7. The second-order valence-electron chi connectivity index (χ2n) is 4.50. The number of hydrogen-bond acceptors (Lipinski definition) is 4. The summed E-state index contributed by atoms with van der Waals surface area (Å²) in [4.78, 5) is 0. The lowest BCUT2D eigenvalue weighted by atomic mass is 10.2. The molecule has 0 radical (unpaired) electrons. The van der Waals surface area contributed by atoms with Gasteiger partial charge in [0.15, 0.2) is 0 Å². The van der Waals surface area contributed by atoms with E-state index in [2.05, 4.69) is 17.0 Å². The maximum atomic E-state index is 12.1. The van der Waals surface area contributed by atoms with Crippen LogP contribution in [0.4, 0.5) is 0 Å². The maximum Gasteiger partial charge on any atom is 0.214 e. The molecule has 2 N–H and O–H groups in total. The van der Waals surface area contributed by atoms with E-state index in [0.717, 1.165) is 43.9 Å². The lowest BCUT2D eigenvalue weighted by Gasteiger charge is -2.24. The second kappa shape index (κ2) is 7.61. The molecule has 0 aromatic rings. The Morgan fingerprint density at radius 2 is 2.06 bits per heavy atom. The molecule has 1 heterocycles. The summed E-state index contributed by atoms with van der Waals surface area (Å²) >= 11 is 1.85. The van der Waals surface area contributed by atoms with E-state index in [1.807, 2.05) is 18.7 Å². The monoisotopic (exact) mass is 280 g/mol. The van der Waals surface area contributed by atoms with Gasteiger partial charge >= 0.3 is 0 Å². The number of nitrogens with one attached hydrogen (secondary N) is 2. The molecule has 0 aromatic heterocycles. The topological polar surface area (TPSA) is 58.2 Å². The van der Waals surface area contributed by atoms with Crippen LogP contribution < -0.4 is 10.0 Å². The van der Waals surface area contributed by atoms with Crippen molar-refractivity contribution in [2.75, 3.05) is 24.6 Å². The van der Waals surface area contributed by atoms with Crippen LogP contribution in [0.5, 0.6) is 0 Å². The molecule has 1 aliphatic heterocycles. The van der Waals surface area contributed by atoms with Crippen LogP contribution >= 0.6 is 11.8 Å². The maximum absolute atomic E-state index is 12.1. The Hall–Kier alpha value is 0.220. The van der Waals surface area contributed by atoms with Gasteiger partial charge in [0.1, 0.15) is 0 Å². The molecule has 6 heteroatoms. The Bertz CT molecular complexity index is 301. The summed E-state index contributed by atoms with van der Waals surface area (Å²) in [7, 11) is -3.12. The highest BCUT2D eigenvalue weighted by Crippen LogP contribution is 2.13. The fraction of sp³-hybridized carbons (Fsp3) is 1.00. The van der Waals surface area contributed by atoms with Gasteiger partial charge < -0.3 is 5.32 Å². The summed E-state index contributed by atoms with van der Waals surface area (Å²) in [5.41, 5.74) is 0. The summed E-state index contributed by atoms with van der Waals surface area (Å²) in [6, 6.07) is 0.0499. The number of piperidine rings is 1. The molecular formula is C11H24N2O2S2. The van der Waals surface area contributed by atoms with Gasteiger partial charge in [-0.05, 0) is 50.8 Å². The molecule has 0 bridgehead atoms. The lowest BCUT2D eigenvalue weighted by molar-refractivity contribution is 0.482. The van der Waals surface area contributed by atoms with Gasteiger partial charge in [0, 0.05) is 6.04 Å². The van der Waals surface area contributed by atoms with Crippen LogP contribution in [-0.4, -0.2) is 44.3 Å². The van der Waals surface area contributed by atoms with E-state index < -0.39 is 10.0 Å². The molecule has 1 fully saturated rings. The van der Waals surface area contributed by atoms with E-state index in [-0.39, 0.29) is 11.3 Å². The van der Waals surface area contributed by atoms with E-state index >= 15 is 0 Å². The van der Waals surface area contributed by atoms with Gasteiger partial charge in [-0.1, -0.05) is 6.92 Å². The number of thioether (sulfide) groups is 1. The average Bonchev–Trinajstić information content (AvgIpc) is 2.30. The molecule has 1 atom stereocenters. The summed E-state index contributed by atoms with van der Waals surface area (Å²) in [5, 5.41) is 2.98. The first-order valence-electron chi connectivity index (χ1n) is 6.36. The summed E-state index contributed by atoms with van der Waals surface area (Å²) in [6.45, 7) is 5.70. The first kappa shape index (κ1) is 15.3. The van der Waals surface area contributed by atoms with Crippen LogP contribution in [0.15, 0.2) is 0 Å². The third kappa shape index (κ3) is 5.59. The van der Waals surface area contributed by atoms with Gasteiger partial charge in [0.25, 0.3) is 0 Å². The van der Waals surface area contributed by atoms with Gasteiger partial charge in [0.2, 0.25) is 10.0 Å². The van der Waals surface area contributed by atoms with Crippen molar-refractivity contribution in [2.24, 2.45) is 0 Å². The standard InChI is InChI=1S/C11H24N2O2S2/c1-3-16-9-6-10(2)13-17(14,15)11-4-7-12-8-5-11/h10-13H,3-9H2,1-2H3. The van der Waals surface area contributed by atoms with E-state index in [9.17, 15) is 8.42 Å². The Kier molecular flexibility index (Phi) is 6.84. The Labute approximate surface area is 109 Å². The quantitative estimate of drug-likeness (QED) is 0.688. The molecule has 0 amide bonds. The third-order valence-electron chi connectivity index (χ3n) is 2.99. The Balaban J connectivity index is 2.36. The molecule has 0 aliphatic carbocycles. The molecule has 4 nitrogen and oxygen atoms in total. The van der Waals surface area contributed by atoms with Crippen LogP contribution in [0.25, 0.3) is 0 Å². The minimum absolute atomic E-state index is 0.0499. The van der Waals surface area contributed by atoms with Crippen molar-refractivity contribution in [1.29, 1.82) is 0 Å². The first-order chi connectivity index (χ1) is 8.06. The van der Waals surface area contributed by atoms with Crippen molar-refractivity contribution in [3.8, 4) is 0 Å². The largest absolute Gasteiger partial charge is 0.317 e. The SMILES string of the molecule is CCSCCC(C)NS(=O)(=O)C1CCNCC1. The first-order valence-corrected chi connectivity index (χ1v) is 9.06. The van der Waals surface area contributed by atoms with Crippen LogP contribution in [0.3, 0.4) is 0 Å². The van der Waals surface area contributed by atoms with Crippen LogP contribution in [-0.2, 0) is 10.0 Å². The fourth-order valence-corrected chi connectivity index (χ4v) is 4.48. The van der Waals surface area contributed by atoms with Gasteiger partial charge in [-0.2, -0.15) is 11.8 Å². The molecule has 1 saturated heterocycles. The van der Waals surface area contributed by atoms with Crippen molar-refractivity contribution >= 4 is 21.8 Å². The van der Waals surface area contributed by atoms with Crippen molar-refractivity contribution < 1.29 is 8.42 Å². The van der Waals surface area contributed by atoms with Gasteiger partial charge in [-0.3, -0.25) is 0 Å². The van der Waals surface area contributed by atoms with Gasteiger partial charge in [-0.25, -0.2) is 13.1 Å². The van der Waals surface area contributed by atoms with Gasteiger partial charge in [-0.15, -0.1) is 0 Å². The van der Waals surface area contributed by atoms with Gasteiger partial charge in [0.05, 0.1) is 5.25 Å². The zero-order chi connectivity index (χ0) is 12.7. The van der Waals surface area contributed by atoms with Crippen LogP contribution in [0, 0.1) is 0 Å². The highest BCUT2D eigenvalue weighted by molar-refractivity contribution is 7.99. The summed E-state index contributed by atoms with van der Waals surface area (Å²) in [5.74, 6) is 2.11. The molecule has 1 aliphatic rings. The minimum atomic E-state index is -3.12. The number of hydrogen-bond donors (Lipinski definition) is 2. The molecule has 0 aromatic carbocycles. The fourth-order valence-electron chi connectivity index (χ4n) is 1.95. The van der Waals surface area contributed by atoms with Crippen molar-refractivity contribution in [3.63, 3.8) is 0 Å². The van der Waals surface area contributed by atoms with Crippen molar-refractivity contribution in [1.82, 2.24) is 10.0 Å². The molecule has 0 spiro atoms. The minimum Gasteiger partial charge on any atom is -0.317 e. The molecule has 17 heavy (non-hydrogen) atoms. The average molecular weight is 280 g/mol. The molecule has 1 rings (SSSR count). The van der Waals surface area contributed by atoms with Crippen molar-refractivity contribution in [2.45, 2.75) is 44.4 Å². The van der Waals surface area contributed by atoms with Crippen molar-refractivity contribution in [3.05, 3.63) is 0 Å². The third-order valence-corrected chi connectivity index (χ3v) is 6.00. The molecule has 0 saturated carbocycles. The predicted molar refractivity (Wildman–Crippen MR) is 75.0 cm³/mol. The zero-order valence-corrected chi connectivity index (χ0v) is 12.4. The summed E-state index contributed by atoms with van der Waals surface area (Å²) in [6.07, 6.45) is 2.36. The Morgan fingerprint density at radius 3 is 2.65 bits per heavy atom. The normalized spacial score (nSPS) is 20.4. The predicted octanol–water partition coefficient (Wildman–Crippen LogP) is 1.19. The summed E-state index contributed by atoms with van der Waals surface area (Å²) < 4.78 is 27.0. The van der Waals surface area contributed by atoms with E-state index in [1.165, 1.54) is 0 Å².